The van der Waals surface area contributed by atoms with Gasteiger partial charge in [0, 0.05) is 18.3 Å². The maximum Gasteiger partial charge on any atom is 0.231 e. The molecule has 0 aromatic heterocycles. The van der Waals surface area contributed by atoms with Crippen LogP contribution < -0.4 is 10.2 Å². The van der Waals surface area contributed by atoms with Gasteiger partial charge in [0.25, 0.3) is 0 Å². The summed E-state index contributed by atoms with van der Waals surface area (Å²) < 4.78 is 0. The molecule has 0 aliphatic carbocycles. The molecule has 1 unspecified atom stereocenters. The number of carbonyl (C=O) groups is 1. The van der Waals surface area contributed by atoms with E-state index in [1.54, 1.807) is 0 Å². The summed E-state index contributed by atoms with van der Waals surface area (Å²) in [5, 5.41) is 3.54. The van der Waals surface area contributed by atoms with E-state index in [-0.39, 0.29) is 5.91 Å². The van der Waals surface area contributed by atoms with Crippen LogP contribution >= 0.6 is 0 Å². The number of carbonyl (C=O) groups excluding carboxylic acids is 1. The first-order valence-corrected chi connectivity index (χ1v) is 6.96. The van der Waals surface area contributed by atoms with Crippen LogP contribution in [0.15, 0.2) is 24.3 Å². The average molecular weight is 244 g/mol. The number of amides is 1. The molecule has 0 bridgehead atoms. The molecular formula is C15H20N2O. The second-order valence-corrected chi connectivity index (χ2v) is 5.29. The largest absolute Gasteiger partial charge is 0.314 e. The van der Waals surface area contributed by atoms with Gasteiger partial charge in [0.05, 0.1) is 6.42 Å². The van der Waals surface area contributed by atoms with Gasteiger partial charge in [0.1, 0.15) is 0 Å². The zero-order valence-corrected chi connectivity index (χ0v) is 10.7. The number of nitrogens with zero attached hydrogens (tertiary/aromatic N) is 1. The van der Waals surface area contributed by atoms with Crippen molar-refractivity contribution in [3.05, 3.63) is 29.8 Å². The minimum Gasteiger partial charge on any atom is -0.314 e. The van der Waals surface area contributed by atoms with Crippen LogP contribution in [0, 0.1) is 0 Å². The third-order valence-corrected chi connectivity index (χ3v) is 4.04. The molecule has 18 heavy (non-hydrogen) atoms. The van der Waals surface area contributed by atoms with Gasteiger partial charge in [-0.05, 0) is 37.4 Å². The lowest BCUT2D eigenvalue weighted by Crippen LogP contribution is -2.38. The van der Waals surface area contributed by atoms with Crippen molar-refractivity contribution in [1.82, 2.24) is 5.32 Å². The van der Waals surface area contributed by atoms with Crippen molar-refractivity contribution in [2.24, 2.45) is 0 Å². The summed E-state index contributed by atoms with van der Waals surface area (Å²) >= 11 is 0. The standard InChI is InChI=1S/C15H20N2O/c18-15-11-12-5-1-2-7-14(12)17(15)10-8-13-6-3-4-9-16-13/h1-2,5,7,13,16H,3-4,6,8-11H2. The van der Waals surface area contributed by atoms with E-state index in [1.807, 2.05) is 17.0 Å². The molecule has 0 spiro atoms. The maximum absolute atomic E-state index is 12.0. The number of hydrogen-bond donors (Lipinski definition) is 1. The van der Waals surface area contributed by atoms with Crippen molar-refractivity contribution < 1.29 is 4.79 Å². The Morgan fingerprint density at radius 3 is 3.00 bits per heavy atom. The van der Waals surface area contributed by atoms with Crippen molar-refractivity contribution in [2.45, 2.75) is 38.1 Å². The van der Waals surface area contributed by atoms with E-state index >= 15 is 0 Å². The van der Waals surface area contributed by atoms with E-state index < -0.39 is 0 Å². The molecule has 1 fully saturated rings. The van der Waals surface area contributed by atoms with Crippen molar-refractivity contribution in [2.75, 3.05) is 18.0 Å². The van der Waals surface area contributed by atoms with E-state index in [4.69, 9.17) is 0 Å². The Balaban J connectivity index is 1.64. The summed E-state index contributed by atoms with van der Waals surface area (Å²) in [6.07, 6.45) is 5.52. The molecule has 3 rings (SSSR count). The van der Waals surface area contributed by atoms with E-state index in [1.165, 1.54) is 24.8 Å². The summed E-state index contributed by atoms with van der Waals surface area (Å²) in [6.45, 7) is 1.99. The Labute approximate surface area is 108 Å². The Hall–Kier alpha value is -1.35. The number of benzene rings is 1. The van der Waals surface area contributed by atoms with Gasteiger partial charge < -0.3 is 10.2 Å². The van der Waals surface area contributed by atoms with Crippen LogP contribution in [-0.4, -0.2) is 25.0 Å². The number of nitrogens with one attached hydrogen (secondary N) is 1. The Bertz CT molecular complexity index is 438. The topological polar surface area (TPSA) is 32.3 Å². The highest BCUT2D eigenvalue weighted by Gasteiger charge is 2.27. The summed E-state index contributed by atoms with van der Waals surface area (Å²) in [5.74, 6) is 0.256. The second-order valence-electron chi connectivity index (χ2n) is 5.29. The van der Waals surface area contributed by atoms with E-state index in [2.05, 4.69) is 17.4 Å². The molecule has 2 heterocycles. The maximum atomic E-state index is 12.0. The molecule has 1 amide bonds. The van der Waals surface area contributed by atoms with Crippen molar-refractivity contribution >= 4 is 11.6 Å². The minimum absolute atomic E-state index is 0.256. The summed E-state index contributed by atoms with van der Waals surface area (Å²) in [4.78, 5) is 14.0. The van der Waals surface area contributed by atoms with E-state index in [0.717, 1.165) is 25.2 Å². The molecule has 96 valence electrons. The molecule has 1 N–H and O–H groups in total. The predicted octanol–water partition coefficient (Wildman–Crippen LogP) is 2.11. The van der Waals surface area contributed by atoms with Gasteiger partial charge in [-0.3, -0.25) is 4.79 Å². The molecular weight excluding hydrogens is 224 g/mol. The quantitative estimate of drug-likeness (QED) is 0.883. The number of rotatable bonds is 3. The van der Waals surface area contributed by atoms with Crippen LogP contribution in [0.2, 0.25) is 0 Å². The third-order valence-electron chi connectivity index (χ3n) is 4.04. The fourth-order valence-electron chi connectivity index (χ4n) is 3.02. The lowest BCUT2D eigenvalue weighted by Gasteiger charge is -2.26. The highest BCUT2D eigenvalue weighted by Crippen LogP contribution is 2.28. The van der Waals surface area contributed by atoms with Crippen molar-refractivity contribution in [1.29, 1.82) is 0 Å². The van der Waals surface area contributed by atoms with Gasteiger partial charge in [-0.1, -0.05) is 24.6 Å². The molecule has 1 atom stereocenters. The van der Waals surface area contributed by atoms with Crippen LogP contribution in [-0.2, 0) is 11.2 Å². The predicted molar refractivity (Wildman–Crippen MR) is 72.8 cm³/mol. The number of para-hydroxylation sites is 1. The zero-order chi connectivity index (χ0) is 12.4. The first kappa shape index (κ1) is 11.7. The molecule has 0 saturated carbocycles. The van der Waals surface area contributed by atoms with Crippen LogP contribution in [0.5, 0.6) is 0 Å². The van der Waals surface area contributed by atoms with Crippen LogP contribution in [0.25, 0.3) is 0 Å². The third kappa shape index (κ3) is 2.27. The molecule has 1 saturated heterocycles. The van der Waals surface area contributed by atoms with Gasteiger partial charge in [-0.25, -0.2) is 0 Å². The molecule has 0 radical (unpaired) electrons. The summed E-state index contributed by atoms with van der Waals surface area (Å²) in [5.41, 5.74) is 2.30. The van der Waals surface area contributed by atoms with E-state index in [0.29, 0.717) is 12.5 Å². The monoisotopic (exact) mass is 244 g/mol. The molecule has 1 aromatic rings. The zero-order valence-electron chi connectivity index (χ0n) is 10.7. The van der Waals surface area contributed by atoms with Crippen molar-refractivity contribution in [3.8, 4) is 0 Å². The van der Waals surface area contributed by atoms with Gasteiger partial charge in [-0.2, -0.15) is 0 Å². The molecule has 3 nitrogen and oxygen atoms in total. The Morgan fingerprint density at radius 1 is 1.28 bits per heavy atom. The van der Waals surface area contributed by atoms with Gasteiger partial charge in [0.15, 0.2) is 0 Å². The molecule has 2 aliphatic rings. The van der Waals surface area contributed by atoms with E-state index in [9.17, 15) is 4.79 Å². The normalized spacial score (nSPS) is 23.2. The summed E-state index contributed by atoms with van der Waals surface area (Å²) in [7, 11) is 0. The lowest BCUT2D eigenvalue weighted by atomic mass is 10.0. The highest BCUT2D eigenvalue weighted by atomic mass is 16.2. The van der Waals surface area contributed by atoms with Gasteiger partial charge >= 0.3 is 0 Å². The highest BCUT2D eigenvalue weighted by molar-refractivity contribution is 6.01. The second kappa shape index (κ2) is 5.11. The number of hydrogen-bond acceptors (Lipinski definition) is 2. The molecule has 1 aromatic carbocycles. The SMILES string of the molecule is O=C1Cc2ccccc2N1CCC1CCCCN1. The smallest absolute Gasteiger partial charge is 0.231 e. The molecule has 3 heteroatoms. The van der Waals surface area contributed by atoms with Crippen LogP contribution in [0.1, 0.15) is 31.2 Å². The van der Waals surface area contributed by atoms with Crippen LogP contribution in [0.3, 0.4) is 0 Å². The molecule has 2 aliphatic heterocycles. The first-order chi connectivity index (χ1) is 8.84. The first-order valence-electron chi connectivity index (χ1n) is 6.96. The minimum atomic E-state index is 0.256. The number of fused-ring (bicyclic) bond motifs is 1. The Kier molecular flexibility index (Phi) is 3.33. The average Bonchev–Trinajstić information content (AvgIpc) is 2.73. The van der Waals surface area contributed by atoms with Gasteiger partial charge in [-0.15, -0.1) is 0 Å². The summed E-state index contributed by atoms with van der Waals surface area (Å²) in [6, 6.07) is 8.75. The Morgan fingerprint density at radius 2 is 2.17 bits per heavy atom. The fourth-order valence-corrected chi connectivity index (χ4v) is 3.02. The number of anilines is 1. The van der Waals surface area contributed by atoms with Crippen LogP contribution in [0.4, 0.5) is 5.69 Å². The lowest BCUT2D eigenvalue weighted by molar-refractivity contribution is -0.117. The van der Waals surface area contributed by atoms with Gasteiger partial charge in [0.2, 0.25) is 5.91 Å². The fraction of sp³-hybridized carbons (Fsp3) is 0.533. The number of piperidine rings is 1. The van der Waals surface area contributed by atoms with Crippen molar-refractivity contribution in [3.63, 3.8) is 0 Å².